The van der Waals surface area contributed by atoms with Gasteiger partial charge >= 0.3 is 5.97 Å². The number of carbonyl (C=O) groups is 5. The Labute approximate surface area is 205 Å². The van der Waals surface area contributed by atoms with Gasteiger partial charge in [-0.2, -0.15) is 0 Å². The van der Waals surface area contributed by atoms with Crippen LogP contribution in [0.4, 0.5) is 0 Å². The van der Waals surface area contributed by atoms with Crippen molar-refractivity contribution >= 4 is 29.6 Å². The van der Waals surface area contributed by atoms with E-state index < -0.39 is 47.9 Å². The maximum absolute atomic E-state index is 13.1. The minimum absolute atomic E-state index is 0.115. The quantitative estimate of drug-likeness (QED) is 0.0954. The predicted octanol–water partition coefficient (Wildman–Crippen LogP) is -2.20. The summed E-state index contributed by atoms with van der Waals surface area (Å²) in [4.78, 5) is 61.4. The highest BCUT2D eigenvalue weighted by Crippen LogP contribution is 2.09. The second kappa shape index (κ2) is 16.8. The van der Waals surface area contributed by atoms with E-state index in [-0.39, 0.29) is 25.2 Å². The number of carbonyl (C=O) groups excluding carboxylic acids is 4. The number of primary amides is 1. The lowest BCUT2D eigenvalue weighted by atomic mass is 10.0. The van der Waals surface area contributed by atoms with E-state index in [0.717, 1.165) is 6.42 Å². The van der Waals surface area contributed by atoms with Gasteiger partial charge < -0.3 is 43.6 Å². The predicted molar refractivity (Wildman–Crippen MR) is 129 cm³/mol. The van der Waals surface area contributed by atoms with Gasteiger partial charge in [-0.25, -0.2) is 4.79 Å². The zero-order chi connectivity index (χ0) is 26.2. The molecule has 200 valence electrons. The van der Waals surface area contributed by atoms with Gasteiger partial charge in [0, 0.05) is 6.42 Å². The zero-order valence-electron chi connectivity index (χ0n) is 20.2. The molecular formula is C22H41N7O6. The molecule has 4 atom stereocenters. The summed E-state index contributed by atoms with van der Waals surface area (Å²) in [6.45, 7) is 1.54. The summed E-state index contributed by atoms with van der Waals surface area (Å²) >= 11 is 0. The van der Waals surface area contributed by atoms with E-state index in [1.807, 2.05) is 0 Å². The summed E-state index contributed by atoms with van der Waals surface area (Å²) in [5.74, 6) is -3.54. The van der Waals surface area contributed by atoms with Gasteiger partial charge in [0.05, 0.1) is 6.04 Å². The maximum Gasteiger partial charge on any atom is 0.326 e. The molecule has 35 heavy (non-hydrogen) atoms. The van der Waals surface area contributed by atoms with Crippen LogP contribution in [0.25, 0.3) is 0 Å². The van der Waals surface area contributed by atoms with Crippen LogP contribution in [0.5, 0.6) is 0 Å². The van der Waals surface area contributed by atoms with E-state index >= 15 is 0 Å². The first-order chi connectivity index (χ1) is 16.7. The molecule has 0 aliphatic carbocycles. The molecule has 0 saturated carbocycles. The lowest BCUT2D eigenvalue weighted by Gasteiger charge is -2.25. The summed E-state index contributed by atoms with van der Waals surface area (Å²) in [7, 11) is 0. The minimum Gasteiger partial charge on any atom is -0.480 e. The molecule has 4 unspecified atom stereocenters. The van der Waals surface area contributed by atoms with E-state index in [1.54, 1.807) is 0 Å². The van der Waals surface area contributed by atoms with E-state index in [4.69, 9.17) is 17.2 Å². The molecule has 1 saturated heterocycles. The third kappa shape index (κ3) is 12.0. The van der Waals surface area contributed by atoms with Crippen molar-refractivity contribution in [2.75, 3.05) is 19.6 Å². The maximum atomic E-state index is 13.1. The number of carboxylic acid groups (broad SMARTS) is 1. The molecule has 0 radical (unpaired) electrons. The summed E-state index contributed by atoms with van der Waals surface area (Å²) in [6, 6.07) is -3.68. The van der Waals surface area contributed by atoms with Crippen LogP contribution in [0.1, 0.15) is 64.2 Å². The third-order valence-electron chi connectivity index (χ3n) is 5.83. The van der Waals surface area contributed by atoms with Crippen molar-refractivity contribution in [2.45, 2.75) is 88.4 Å². The topological polar surface area (TPSA) is 232 Å². The van der Waals surface area contributed by atoms with Crippen molar-refractivity contribution in [1.82, 2.24) is 21.3 Å². The van der Waals surface area contributed by atoms with Crippen LogP contribution < -0.4 is 38.5 Å². The van der Waals surface area contributed by atoms with Gasteiger partial charge in [0.25, 0.3) is 0 Å². The lowest BCUT2D eigenvalue weighted by Crippen LogP contribution is -2.57. The molecule has 0 spiro atoms. The third-order valence-corrected chi connectivity index (χ3v) is 5.83. The largest absolute Gasteiger partial charge is 0.480 e. The van der Waals surface area contributed by atoms with Gasteiger partial charge in [-0.3, -0.25) is 19.2 Å². The molecule has 1 fully saturated rings. The first kappa shape index (κ1) is 30.3. The fourth-order valence-electron chi connectivity index (χ4n) is 3.79. The monoisotopic (exact) mass is 499 g/mol. The zero-order valence-corrected chi connectivity index (χ0v) is 20.2. The molecule has 0 aromatic rings. The van der Waals surface area contributed by atoms with Gasteiger partial charge in [-0.05, 0) is 77.4 Å². The smallest absolute Gasteiger partial charge is 0.326 e. The fraction of sp³-hybridized carbons (Fsp3) is 0.773. The highest BCUT2D eigenvalue weighted by atomic mass is 16.4. The van der Waals surface area contributed by atoms with Crippen LogP contribution >= 0.6 is 0 Å². The Morgan fingerprint density at radius 2 is 1.37 bits per heavy atom. The number of hydrogen-bond acceptors (Lipinski definition) is 8. The van der Waals surface area contributed by atoms with Crippen molar-refractivity contribution in [3.05, 3.63) is 0 Å². The van der Waals surface area contributed by atoms with Gasteiger partial charge in [0.1, 0.15) is 18.1 Å². The summed E-state index contributed by atoms with van der Waals surface area (Å²) < 4.78 is 0. The number of aliphatic carboxylic acids is 1. The van der Waals surface area contributed by atoms with Crippen molar-refractivity contribution < 1.29 is 29.1 Å². The summed E-state index contributed by atoms with van der Waals surface area (Å²) in [5.41, 5.74) is 16.2. The Morgan fingerprint density at radius 3 is 1.86 bits per heavy atom. The van der Waals surface area contributed by atoms with E-state index in [0.29, 0.717) is 58.2 Å². The Morgan fingerprint density at radius 1 is 0.829 bits per heavy atom. The van der Waals surface area contributed by atoms with E-state index in [2.05, 4.69) is 21.3 Å². The molecule has 1 heterocycles. The first-order valence-electron chi connectivity index (χ1n) is 12.2. The number of carboxylic acids is 1. The standard InChI is InChI=1S/C22H41N7O6/c23-11-3-1-6-15(27-19(31)14-8-5-13-26-14)20(32)28-16(9-10-18(25)30)21(33)29-17(22(34)35)7-2-4-12-24/h14-17,26H,1-13,23-24H2,(H2,25,30)(H,27,31)(H,28,32)(H,29,33)(H,34,35). The van der Waals surface area contributed by atoms with Gasteiger partial charge in [0.2, 0.25) is 23.6 Å². The van der Waals surface area contributed by atoms with Crippen LogP contribution in [0.15, 0.2) is 0 Å². The SMILES string of the molecule is NCCCCC(NC(=O)C(CCC(N)=O)NC(=O)C(CCCCN)NC(=O)C1CCCN1)C(=O)O. The molecule has 0 bridgehead atoms. The molecule has 0 aromatic carbocycles. The Hall–Kier alpha value is -2.77. The van der Waals surface area contributed by atoms with Gasteiger partial charge in [-0.15, -0.1) is 0 Å². The normalized spacial score (nSPS) is 17.7. The van der Waals surface area contributed by atoms with E-state index in [1.165, 1.54) is 0 Å². The second-order valence-corrected chi connectivity index (χ2v) is 8.74. The van der Waals surface area contributed by atoms with Gasteiger partial charge in [-0.1, -0.05) is 0 Å². The second-order valence-electron chi connectivity index (χ2n) is 8.74. The minimum atomic E-state index is -1.22. The molecule has 0 aromatic heterocycles. The average Bonchev–Trinajstić information content (AvgIpc) is 3.35. The highest BCUT2D eigenvalue weighted by molar-refractivity contribution is 5.94. The fourth-order valence-corrected chi connectivity index (χ4v) is 3.79. The molecular weight excluding hydrogens is 458 g/mol. The number of nitrogens with one attached hydrogen (secondary N) is 4. The van der Waals surface area contributed by atoms with Crippen LogP contribution in [-0.2, 0) is 24.0 Å². The molecule has 13 heteroatoms. The van der Waals surface area contributed by atoms with Crippen LogP contribution in [0, 0.1) is 0 Å². The number of nitrogens with two attached hydrogens (primary N) is 3. The number of unbranched alkanes of at least 4 members (excludes halogenated alkanes) is 2. The molecule has 1 rings (SSSR count). The van der Waals surface area contributed by atoms with Gasteiger partial charge in [0.15, 0.2) is 0 Å². The molecule has 13 nitrogen and oxygen atoms in total. The molecule has 4 amide bonds. The van der Waals surface area contributed by atoms with E-state index in [9.17, 15) is 29.1 Å². The summed E-state index contributed by atoms with van der Waals surface area (Å²) in [5, 5.41) is 20.2. The Balaban J connectivity index is 2.91. The lowest BCUT2D eigenvalue weighted by molar-refractivity contribution is -0.142. The highest BCUT2D eigenvalue weighted by Gasteiger charge is 2.31. The molecule has 1 aliphatic heterocycles. The van der Waals surface area contributed by atoms with Crippen LogP contribution in [-0.4, -0.2) is 78.5 Å². The molecule has 1 aliphatic rings. The first-order valence-corrected chi connectivity index (χ1v) is 12.2. The Kier molecular flexibility index (Phi) is 14.5. The number of rotatable bonds is 18. The number of hydrogen-bond donors (Lipinski definition) is 8. The van der Waals surface area contributed by atoms with Crippen molar-refractivity contribution in [1.29, 1.82) is 0 Å². The van der Waals surface area contributed by atoms with Crippen LogP contribution in [0.2, 0.25) is 0 Å². The number of amides is 4. The van der Waals surface area contributed by atoms with Crippen LogP contribution in [0.3, 0.4) is 0 Å². The molecule has 11 N–H and O–H groups in total. The van der Waals surface area contributed by atoms with Crippen molar-refractivity contribution in [3.63, 3.8) is 0 Å². The average molecular weight is 500 g/mol. The summed E-state index contributed by atoms with van der Waals surface area (Å²) in [6.07, 6.45) is 4.00. The van der Waals surface area contributed by atoms with Crippen molar-refractivity contribution in [2.24, 2.45) is 17.2 Å². The van der Waals surface area contributed by atoms with Crippen molar-refractivity contribution in [3.8, 4) is 0 Å². The Bertz CT molecular complexity index is 714.